The minimum absolute atomic E-state index is 0.00146. The van der Waals surface area contributed by atoms with E-state index in [0.717, 1.165) is 50.5 Å². The summed E-state index contributed by atoms with van der Waals surface area (Å²) in [6.07, 6.45) is 8.26. The maximum absolute atomic E-state index is 12.8. The molecule has 2 aliphatic carbocycles. The highest BCUT2D eigenvalue weighted by molar-refractivity contribution is 6.30. The van der Waals surface area contributed by atoms with Crippen molar-refractivity contribution in [2.24, 2.45) is 22.7 Å². The van der Waals surface area contributed by atoms with Crippen molar-refractivity contribution in [3.63, 3.8) is 0 Å². The molecule has 1 aromatic heterocycles. The number of benzene rings is 1. The van der Waals surface area contributed by atoms with E-state index in [1.165, 1.54) is 12.7 Å². The fourth-order valence-corrected chi connectivity index (χ4v) is 6.90. The molecule has 0 N–H and O–H groups in total. The summed E-state index contributed by atoms with van der Waals surface area (Å²) in [6, 6.07) is 8.57. The molecule has 5 nitrogen and oxygen atoms in total. The molecule has 0 radical (unpaired) electrons. The van der Waals surface area contributed by atoms with Crippen LogP contribution < -0.4 is 0 Å². The third kappa shape index (κ3) is 4.93. The number of carbonyl (C=O) groups is 2. The van der Waals surface area contributed by atoms with Gasteiger partial charge >= 0.3 is 11.9 Å². The Balaban J connectivity index is 1.44. The van der Waals surface area contributed by atoms with Gasteiger partial charge in [-0.2, -0.15) is 0 Å². The predicted molar refractivity (Wildman–Crippen MR) is 135 cm³/mol. The van der Waals surface area contributed by atoms with E-state index in [0.29, 0.717) is 22.3 Å². The van der Waals surface area contributed by atoms with Crippen molar-refractivity contribution < 1.29 is 23.5 Å². The van der Waals surface area contributed by atoms with Crippen LogP contribution in [0.25, 0.3) is 0 Å². The molecule has 2 aromatic rings. The molecule has 0 aliphatic heterocycles. The molecule has 2 saturated carbocycles. The van der Waals surface area contributed by atoms with Gasteiger partial charge in [-0.1, -0.05) is 37.1 Å². The van der Waals surface area contributed by atoms with E-state index < -0.39 is 11.4 Å². The molecule has 6 heteroatoms. The first-order chi connectivity index (χ1) is 16.7. The highest BCUT2D eigenvalue weighted by Crippen LogP contribution is 2.62. The minimum atomic E-state index is -0.447. The van der Waals surface area contributed by atoms with Crippen LogP contribution in [0, 0.1) is 22.7 Å². The van der Waals surface area contributed by atoms with Crippen molar-refractivity contribution >= 4 is 23.5 Å². The van der Waals surface area contributed by atoms with Gasteiger partial charge in [-0.05, 0) is 98.6 Å². The average Bonchev–Trinajstić information content (AvgIpc) is 3.29. The van der Waals surface area contributed by atoms with Gasteiger partial charge in [-0.15, -0.1) is 0 Å². The third-order valence-electron chi connectivity index (χ3n) is 8.63. The number of methoxy groups -OCH3 is 1. The van der Waals surface area contributed by atoms with Crippen LogP contribution in [0.15, 0.2) is 53.2 Å². The Hall–Kier alpha value is -2.53. The molecular weight excluding hydrogens is 464 g/mol. The lowest BCUT2D eigenvalue weighted by Crippen LogP contribution is -2.53. The second-order valence-electron chi connectivity index (χ2n) is 10.6. The van der Waals surface area contributed by atoms with Crippen molar-refractivity contribution in [2.75, 3.05) is 7.11 Å². The van der Waals surface area contributed by atoms with Crippen LogP contribution >= 0.6 is 11.6 Å². The zero-order chi connectivity index (χ0) is 25.2. The number of furan rings is 1. The van der Waals surface area contributed by atoms with Crippen LogP contribution in [0.5, 0.6) is 0 Å². The molecule has 1 aromatic carbocycles. The van der Waals surface area contributed by atoms with Gasteiger partial charge in [-0.3, -0.25) is 4.79 Å². The SMILES string of the molecule is C=C1CC[C@H]2[C@](C)(CCC[C@@]2(C)C(=O)OC)[C@H]1CCc1ccoc1COC(=O)c1ccc(Cl)cc1. The summed E-state index contributed by atoms with van der Waals surface area (Å²) in [7, 11) is 1.50. The zero-order valence-corrected chi connectivity index (χ0v) is 21.7. The van der Waals surface area contributed by atoms with Crippen molar-refractivity contribution in [1.82, 2.24) is 0 Å². The first-order valence-corrected chi connectivity index (χ1v) is 12.8. The van der Waals surface area contributed by atoms with Gasteiger partial charge in [0.25, 0.3) is 0 Å². The zero-order valence-electron chi connectivity index (χ0n) is 20.9. The van der Waals surface area contributed by atoms with E-state index >= 15 is 0 Å². The molecule has 1 heterocycles. The number of ether oxygens (including phenoxy) is 2. The summed E-state index contributed by atoms with van der Waals surface area (Å²) in [6.45, 7) is 8.96. The molecule has 2 aliphatic rings. The minimum Gasteiger partial charge on any atom is -0.469 e. The number of aryl methyl sites for hydroxylation is 1. The number of hydrogen-bond acceptors (Lipinski definition) is 5. The Morgan fingerprint density at radius 3 is 2.63 bits per heavy atom. The molecule has 0 bridgehead atoms. The average molecular weight is 499 g/mol. The number of halogens is 1. The number of esters is 2. The van der Waals surface area contributed by atoms with Crippen LogP contribution in [0.1, 0.15) is 74.1 Å². The van der Waals surface area contributed by atoms with Gasteiger partial charge in [0.05, 0.1) is 24.4 Å². The fraction of sp³-hybridized carbons (Fsp3) is 0.517. The first-order valence-electron chi connectivity index (χ1n) is 12.4. The van der Waals surface area contributed by atoms with Crippen LogP contribution in [0.2, 0.25) is 5.02 Å². The molecule has 0 amide bonds. The van der Waals surface area contributed by atoms with E-state index in [1.807, 2.05) is 6.07 Å². The van der Waals surface area contributed by atoms with Crippen LogP contribution in [-0.2, 0) is 27.3 Å². The second kappa shape index (κ2) is 10.2. The Bertz CT molecular complexity index is 1090. The molecule has 35 heavy (non-hydrogen) atoms. The number of allylic oxidation sites excluding steroid dienone is 1. The lowest BCUT2D eigenvalue weighted by molar-refractivity contribution is -0.168. The summed E-state index contributed by atoms with van der Waals surface area (Å²) in [5.74, 6) is 0.753. The fourth-order valence-electron chi connectivity index (χ4n) is 6.78. The number of fused-ring (bicyclic) bond motifs is 1. The maximum Gasteiger partial charge on any atom is 0.338 e. The summed E-state index contributed by atoms with van der Waals surface area (Å²) in [4.78, 5) is 25.2. The normalized spacial score (nSPS) is 28.3. The van der Waals surface area contributed by atoms with Gasteiger partial charge in [0.2, 0.25) is 0 Å². The van der Waals surface area contributed by atoms with Crippen LogP contribution in [0.3, 0.4) is 0 Å². The summed E-state index contributed by atoms with van der Waals surface area (Å²) < 4.78 is 16.4. The molecule has 0 saturated heterocycles. The summed E-state index contributed by atoms with van der Waals surface area (Å²) in [5.41, 5.74) is 2.32. The summed E-state index contributed by atoms with van der Waals surface area (Å²) in [5, 5.41) is 0.569. The lowest BCUT2D eigenvalue weighted by atomic mass is 9.46. The Kier molecular flexibility index (Phi) is 7.46. The van der Waals surface area contributed by atoms with Crippen molar-refractivity contribution in [3.8, 4) is 0 Å². The smallest absolute Gasteiger partial charge is 0.338 e. The molecule has 4 rings (SSSR count). The quantitative estimate of drug-likeness (QED) is 0.299. The highest BCUT2D eigenvalue weighted by atomic mass is 35.5. The van der Waals surface area contributed by atoms with E-state index in [2.05, 4.69) is 20.4 Å². The molecular formula is C29H35ClO5. The topological polar surface area (TPSA) is 65.7 Å². The predicted octanol–water partition coefficient (Wildman–Crippen LogP) is 7.17. The highest BCUT2D eigenvalue weighted by Gasteiger charge is 2.57. The van der Waals surface area contributed by atoms with Gasteiger partial charge in [0.15, 0.2) is 0 Å². The maximum atomic E-state index is 12.8. The van der Waals surface area contributed by atoms with E-state index in [4.69, 9.17) is 25.5 Å². The van der Waals surface area contributed by atoms with Crippen LogP contribution in [0.4, 0.5) is 0 Å². The van der Waals surface area contributed by atoms with Gasteiger partial charge in [-0.25, -0.2) is 4.79 Å². The molecule has 0 spiro atoms. The Morgan fingerprint density at radius 1 is 1.17 bits per heavy atom. The Morgan fingerprint density at radius 2 is 1.91 bits per heavy atom. The Labute approximate surface area is 212 Å². The molecule has 4 atom stereocenters. The van der Waals surface area contributed by atoms with Gasteiger partial charge in [0, 0.05) is 5.02 Å². The largest absolute Gasteiger partial charge is 0.469 e. The van der Waals surface area contributed by atoms with E-state index in [-0.39, 0.29) is 23.9 Å². The van der Waals surface area contributed by atoms with Crippen molar-refractivity contribution in [2.45, 2.75) is 65.4 Å². The second-order valence-corrected chi connectivity index (χ2v) is 11.0. The van der Waals surface area contributed by atoms with E-state index in [1.54, 1.807) is 30.5 Å². The first kappa shape index (κ1) is 25.6. The molecule has 0 unspecified atom stereocenters. The molecule has 2 fully saturated rings. The van der Waals surface area contributed by atoms with Crippen molar-refractivity contribution in [3.05, 3.63) is 70.7 Å². The standard InChI is InChI=1S/C29H35ClO5/c1-19-6-13-25-28(2,15-5-16-29(25,3)27(32)33-4)23(19)12-9-20-14-17-34-24(20)18-35-26(31)21-7-10-22(30)11-8-21/h7-8,10-11,14,17,23,25H,1,5-6,9,12-13,15-16,18H2,2-4H3/t23-,25-,28+,29+/m0/s1. The van der Waals surface area contributed by atoms with E-state index in [9.17, 15) is 9.59 Å². The lowest BCUT2D eigenvalue weighted by Gasteiger charge is -2.57. The van der Waals surface area contributed by atoms with Crippen molar-refractivity contribution in [1.29, 1.82) is 0 Å². The monoisotopic (exact) mass is 498 g/mol. The van der Waals surface area contributed by atoms with Gasteiger partial charge < -0.3 is 13.9 Å². The van der Waals surface area contributed by atoms with Crippen LogP contribution in [-0.4, -0.2) is 19.0 Å². The number of rotatable bonds is 7. The number of carbonyl (C=O) groups excluding carboxylic acids is 2. The summed E-state index contributed by atoms with van der Waals surface area (Å²) >= 11 is 5.90. The van der Waals surface area contributed by atoms with Gasteiger partial charge in [0.1, 0.15) is 12.4 Å². The number of hydrogen-bond donors (Lipinski definition) is 0. The molecule has 188 valence electrons. The third-order valence-corrected chi connectivity index (χ3v) is 8.88.